The van der Waals surface area contributed by atoms with Crippen molar-refractivity contribution in [3.05, 3.63) is 29.8 Å². The van der Waals surface area contributed by atoms with Gasteiger partial charge in [-0.3, -0.25) is 0 Å². The highest BCUT2D eigenvalue weighted by atomic mass is 16.6. The molecule has 0 unspecified atom stereocenters. The number of benzene rings is 1. The first-order valence-corrected chi connectivity index (χ1v) is 8.52. The van der Waals surface area contributed by atoms with E-state index in [-0.39, 0.29) is 5.97 Å². The highest BCUT2D eigenvalue weighted by molar-refractivity contribution is 6.08. The molecule has 1 saturated carbocycles. The van der Waals surface area contributed by atoms with Crippen LogP contribution in [0.4, 0.5) is 5.69 Å². The van der Waals surface area contributed by atoms with Gasteiger partial charge in [0.05, 0.1) is 13.2 Å². The third-order valence-corrected chi connectivity index (χ3v) is 5.06. The minimum absolute atomic E-state index is 0.163. The zero-order chi connectivity index (χ0) is 15.7. The van der Waals surface area contributed by atoms with Crippen molar-refractivity contribution in [1.82, 2.24) is 0 Å². The van der Waals surface area contributed by atoms with Crippen LogP contribution in [-0.2, 0) is 14.3 Å². The molecule has 1 spiro atoms. The van der Waals surface area contributed by atoms with Gasteiger partial charge in [0.25, 0.3) is 0 Å². The van der Waals surface area contributed by atoms with Crippen molar-refractivity contribution in [3.63, 3.8) is 0 Å². The van der Waals surface area contributed by atoms with Gasteiger partial charge in [-0.05, 0) is 37.1 Å². The fourth-order valence-corrected chi connectivity index (χ4v) is 3.66. The molecule has 5 heteroatoms. The monoisotopic (exact) mass is 314 g/mol. The van der Waals surface area contributed by atoms with E-state index in [1.807, 2.05) is 12.1 Å². The summed E-state index contributed by atoms with van der Waals surface area (Å²) >= 11 is 0. The van der Waals surface area contributed by atoms with Crippen LogP contribution in [0, 0.1) is 0 Å². The maximum Gasteiger partial charge on any atom is 0.340 e. The van der Waals surface area contributed by atoms with E-state index in [0.717, 1.165) is 57.6 Å². The second kappa shape index (κ2) is 5.96. The molecule has 0 atom stereocenters. The van der Waals surface area contributed by atoms with Gasteiger partial charge in [0, 0.05) is 24.3 Å². The van der Waals surface area contributed by atoms with E-state index in [4.69, 9.17) is 9.47 Å². The second-order valence-electron chi connectivity index (χ2n) is 6.55. The lowest BCUT2D eigenvalue weighted by molar-refractivity contribution is -0.140. The fourth-order valence-electron chi connectivity index (χ4n) is 3.66. The van der Waals surface area contributed by atoms with Crippen molar-refractivity contribution in [2.75, 3.05) is 31.2 Å². The van der Waals surface area contributed by atoms with Crippen molar-refractivity contribution >= 4 is 17.6 Å². The maximum atomic E-state index is 12.3. The van der Waals surface area contributed by atoms with Gasteiger partial charge >= 0.3 is 5.97 Å². The number of carbonyl (C=O) groups excluding carboxylic acids is 1. The highest BCUT2D eigenvalue weighted by Crippen LogP contribution is 2.37. The number of aliphatic imine (C=N–C) groups is 1. The van der Waals surface area contributed by atoms with Crippen molar-refractivity contribution in [1.29, 1.82) is 0 Å². The number of hydrogen-bond acceptors (Lipinski definition) is 5. The summed E-state index contributed by atoms with van der Waals surface area (Å²) in [6, 6.07) is 8.14. The molecule has 1 aromatic rings. The molecule has 2 fully saturated rings. The van der Waals surface area contributed by atoms with Crippen LogP contribution >= 0.6 is 0 Å². The summed E-state index contributed by atoms with van der Waals surface area (Å²) in [5.74, 6) is 0.329. The van der Waals surface area contributed by atoms with Gasteiger partial charge in [0.1, 0.15) is 0 Å². The van der Waals surface area contributed by atoms with Gasteiger partial charge < -0.3 is 14.4 Å². The number of ether oxygens (including phenoxy) is 2. The average molecular weight is 314 g/mol. The Morgan fingerprint density at radius 3 is 2.39 bits per heavy atom. The molecule has 1 saturated heterocycles. The molecular formula is C18H22N2O3. The summed E-state index contributed by atoms with van der Waals surface area (Å²) in [5.41, 5.74) is 1.46. The quantitative estimate of drug-likeness (QED) is 0.787. The largest absolute Gasteiger partial charge is 0.405 e. The Labute approximate surface area is 136 Å². The van der Waals surface area contributed by atoms with Crippen LogP contribution in [0.1, 0.15) is 37.7 Å². The molecule has 122 valence electrons. The molecule has 0 N–H and O–H groups in total. The SMILES string of the molecule is O=C1OC(c2ccc(N3CCOCC3)cc2)=NC12CCCCC2. The van der Waals surface area contributed by atoms with Crippen molar-refractivity contribution in [3.8, 4) is 0 Å². The Bertz CT molecular complexity index is 612. The lowest BCUT2D eigenvalue weighted by atomic mass is 9.83. The molecule has 0 bridgehead atoms. The van der Waals surface area contributed by atoms with Gasteiger partial charge in [-0.15, -0.1) is 0 Å². The summed E-state index contributed by atoms with van der Waals surface area (Å²) in [6.45, 7) is 3.37. The number of nitrogens with zero attached hydrogens (tertiary/aromatic N) is 2. The van der Waals surface area contributed by atoms with Gasteiger partial charge in [-0.25, -0.2) is 9.79 Å². The lowest BCUT2D eigenvalue weighted by Crippen LogP contribution is -2.36. The predicted molar refractivity (Wildman–Crippen MR) is 87.9 cm³/mol. The van der Waals surface area contributed by atoms with E-state index in [1.165, 1.54) is 12.1 Å². The first kappa shape index (κ1) is 14.7. The van der Waals surface area contributed by atoms with Crippen LogP contribution in [-0.4, -0.2) is 43.7 Å². The summed E-state index contributed by atoms with van der Waals surface area (Å²) in [4.78, 5) is 19.3. The lowest BCUT2D eigenvalue weighted by Gasteiger charge is -2.28. The Morgan fingerprint density at radius 2 is 1.70 bits per heavy atom. The predicted octanol–water partition coefficient (Wildman–Crippen LogP) is 2.53. The van der Waals surface area contributed by atoms with Crippen LogP contribution < -0.4 is 4.90 Å². The smallest absolute Gasteiger partial charge is 0.340 e. The molecule has 1 aromatic carbocycles. The van der Waals surface area contributed by atoms with Crippen LogP contribution in [0.15, 0.2) is 29.3 Å². The molecule has 3 aliphatic rings. The van der Waals surface area contributed by atoms with Crippen LogP contribution in [0.25, 0.3) is 0 Å². The minimum atomic E-state index is -0.601. The van der Waals surface area contributed by atoms with Crippen LogP contribution in [0.3, 0.4) is 0 Å². The summed E-state index contributed by atoms with van der Waals surface area (Å²) in [5, 5.41) is 0. The van der Waals surface area contributed by atoms with Crippen molar-refractivity contribution in [2.45, 2.75) is 37.6 Å². The minimum Gasteiger partial charge on any atom is -0.405 e. The molecule has 2 aliphatic heterocycles. The Morgan fingerprint density at radius 1 is 1.00 bits per heavy atom. The third kappa shape index (κ3) is 2.74. The number of carbonyl (C=O) groups is 1. The van der Waals surface area contributed by atoms with Gasteiger partial charge in [0.15, 0.2) is 5.54 Å². The second-order valence-corrected chi connectivity index (χ2v) is 6.55. The molecular weight excluding hydrogens is 292 g/mol. The van der Waals surface area contributed by atoms with Crippen LogP contribution in [0.2, 0.25) is 0 Å². The summed E-state index contributed by atoms with van der Waals surface area (Å²) < 4.78 is 10.9. The normalized spacial score (nSPS) is 23.7. The molecule has 23 heavy (non-hydrogen) atoms. The Hall–Kier alpha value is -1.88. The highest BCUT2D eigenvalue weighted by Gasteiger charge is 2.46. The van der Waals surface area contributed by atoms with Gasteiger partial charge in [0.2, 0.25) is 5.90 Å². The zero-order valence-corrected chi connectivity index (χ0v) is 13.3. The Balaban J connectivity index is 1.54. The average Bonchev–Trinajstić information content (AvgIpc) is 2.93. The molecule has 0 amide bonds. The van der Waals surface area contributed by atoms with Crippen LogP contribution in [0.5, 0.6) is 0 Å². The number of esters is 1. The molecule has 4 rings (SSSR count). The van der Waals surface area contributed by atoms with E-state index < -0.39 is 5.54 Å². The number of cyclic esters (lactones) is 1. The first-order valence-electron chi connectivity index (χ1n) is 8.52. The standard InChI is InChI=1S/C18H22N2O3/c21-17-18(8-2-1-3-9-18)19-16(23-17)14-4-6-15(7-5-14)20-10-12-22-13-11-20/h4-7H,1-3,8-13H2. The molecule has 5 nitrogen and oxygen atoms in total. The van der Waals surface area contributed by atoms with Gasteiger partial charge in [-0.2, -0.15) is 0 Å². The Kier molecular flexibility index (Phi) is 3.81. The molecule has 0 aromatic heterocycles. The van der Waals surface area contributed by atoms with Gasteiger partial charge in [-0.1, -0.05) is 19.3 Å². The number of anilines is 1. The molecule has 1 aliphatic carbocycles. The van der Waals surface area contributed by atoms with E-state index in [1.54, 1.807) is 0 Å². The first-order chi connectivity index (χ1) is 11.3. The zero-order valence-electron chi connectivity index (χ0n) is 13.3. The fraction of sp³-hybridized carbons (Fsp3) is 0.556. The topological polar surface area (TPSA) is 51.1 Å². The number of hydrogen-bond donors (Lipinski definition) is 0. The molecule has 2 heterocycles. The van der Waals surface area contributed by atoms with E-state index >= 15 is 0 Å². The summed E-state index contributed by atoms with van der Waals surface area (Å²) in [7, 11) is 0. The number of morpholine rings is 1. The molecule has 0 radical (unpaired) electrons. The third-order valence-electron chi connectivity index (χ3n) is 5.06. The summed E-state index contributed by atoms with van der Waals surface area (Å²) in [6.07, 6.45) is 4.94. The maximum absolute atomic E-state index is 12.3. The van der Waals surface area contributed by atoms with Crippen molar-refractivity contribution in [2.24, 2.45) is 4.99 Å². The van der Waals surface area contributed by atoms with E-state index in [9.17, 15) is 4.79 Å². The number of rotatable bonds is 2. The van der Waals surface area contributed by atoms with E-state index in [2.05, 4.69) is 22.0 Å². The van der Waals surface area contributed by atoms with E-state index in [0.29, 0.717) is 5.90 Å². The van der Waals surface area contributed by atoms with Crippen molar-refractivity contribution < 1.29 is 14.3 Å².